The van der Waals surface area contributed by atoms with Gasteiger partial charge in [-0.2, -0.15) is 0 Å². The molecule has 0 saturated heterocycles. The van der Waals surface area contributed by atoms with Gasteiger partial charge in [0.15, 0.2) is 5.58 Å². The first-order valence-electron chi connectivity index (χ1n) is 25.7. The molecule has 15 aromatic rings. The lowest BCUT2D eigenvalue weighted by molar-refractivity contribution is 0.591. The molecule has 0 saturated carbocycles. The van der Waals surface area contributed by atoms with Crippen molar-refractivity contribution in [3.8, 4) is 27.9 Å². The summed E-state index contributed by atoms with van der Waals surface area (Å²) in [7, 11) is 0. The lowest BCUT2D eigenvalue weighted by Crippen LogP contribution is -2.11. The monoisotopic (exact) mass is 929 g/mol. The van der Waals surface area contributed by atoms with Gasteiger partial charge in [-0.15, -0.1) is 0 Å². The number of aromatic nitrogens is 3. The van der Waals surface area contributed by atoms with E-state index >= 15 is 0 Å². The molecular weight excluding hydrogens is 875 g/mol. The van der Waals surface area contributed by atoms with E-state index in [2.05, 4.69) is 246 Å². The third kappa shape index (κ3) is 5.58. The summed E-state index contributed by atoms with van der Waals surface area (Å²) in [6, 6.07) is 64.3. The third-order valence-electron chi connectivity index (χ3n) is 16.3. The minimum atomic E-state index is -0.0892. The van der Waals surface area contributed by atoms with Gasteiger partial charge in [0.25, 0.3) is 0 Å². The molecule has 0 amide bonds. The minimum Gasteiger partial charge on any atom is -0.454 e. The summed E-state index contributed by atoms with van der Waals surface area (Å²) in [5.41, 5.74) is 21.5. The lowest BCUT2D eigenvalue weighted by atomic mass is 9.83. The summed E-state index contributed by atoms with van der Waals surface area (Å²) in [5.74, 6) is 0. The predicted molar refractivity (Wildman–Crippen MR) is 307 cm³/mol. The Bertz CT molecular complexity index is 4780. The van der Waals surface area contributed by atoms with Crippen molar-refractivity contribution in [1.29, 1.82) is 0 Å². The van der Waals surface area contributed by atoms with E-state index in [9.17, 15) is 0 Å². The zero-order chi connectivity index (χ0) is 48.9. The number of hydrogen-bond donors (Lipinski definition) is 0. The maximum Gasteiger partial charge on any atom is 0.161 e. The molecular formula is C68H55N3O. The van der Waals surface area contributed by atoms with Crippen LogP contribution < -0.4 is 0 Å². The fraction of sp³-hybridized carbons (Fsp3) is 0.176. The average Bonchev–Trinajstić information content (AvgIpc) is 4.21. The molecule has 72 heavy (non-hydrogen) atoms. The van der Waals surface area contributed by atoms with Gasteiger partial charge in [0.05, 0.1) is 38.6 Å². The SMILES string of the molecule is CC(C)(C)c1cc(-c2ccc3c(c2)c2ccccc2n3-c2cccc(-c3ccccc3)c2)c2c(c1)c1cc(C(C)(C)C)cc3c4cc5c(cc4n2c31)c1cc(C(C)(C)C)cc2c3oc4ccccc4c3n5c12. The first-order chi connectivity index (χ1) is 34.6. The fourth-order valence-corrected chi connectivity index (χ4v) is 12.5. The van der Waals surface area contributed by atoms with Crippen molar-refractivity contribution in [3.05, 3.63) is 187 Å². The van der Waals surface area contributed by atoms with Crippen LogP contribution in [0.3, 0.4) is 0 Å². The van der Waals surface area contributed by atoms with E-state index in [1.807, 2.05) is 0 Å². The normalized spacial score (nSPS) is 13.3. The van der Waals surface area contributed by atoms with E-state index in [4.69, 9.17) is 4.42 Å². The standard InChI is InChI=1S/C68H55N3O/c1-66(2,3)41-30-47(40-26-27-57-48(29-40)45-22-13-15-24-56(45)69(57)44-21-17-20-39(28-44)38-18-11-10-12-19-38)61-53(33-41)54-34-42(67(4,5)6)31-51-49-37-59-50(36-58(49)70(61)62(51)54)52-32-43(68(7,8)9)35-55-63(52)71(59)64-46-23-14-16-25-60(46)72-65(55)64/h10-37H,1-9H3. The van der Waals surface area contributed by atoms with Crippen LogP contribution in [-0.4, -0.2) is 13.4 Å². The second-order valence-corrected chi connectivity index (χ2v) is 23.8. The maximum atomic E-state index is 6.80. The van der Waals surface area contributed by atoms with E-state index in [-0.39, 0.29) is 16.2 Å². The molecule has 0 unspecified atom stereocenters. The van der Waals surface area contributed by atoms with Crippen molar-refractivity contribution in [3.63, 3.8) is 0 Å². The van der Waals surface area contributed by atoms with Crippen molar-refractivity contribution < 1.29 is 4.42 Å². The van der Waals surface area contributed by atoms with Gasteiger partial charge in [0.1, 0.15) is 11.1 Å². The fourth-order valence-electron chi connectivity index (χ4n) is 12.5. The van der Waals surface area contributed by atoms with Crippen LogP contribution in [0, 0.1) is 0 Å². The van der Waals surface area contributed by atoms with E-state index in [1.54, 1.807) is 0 Å². The molecule has 0 aliphatic rings. The van der Waals surface area contributed by atoms with Gasteiger partial charge < -0.3 is 17.8 Å². The molecule has 0 bridgehead atoms. The van der Waals surface area contributed by atoms with Crippen LogP contribution in [-0.2, 0) is 16.2 Å². The highest BCUT2D eigenvalue weighted by molar-refractivity contribution is 6.31. The Hall–Kier alpha value is -8.08. The average molecular weight is 930 g/mol. The molecule has 0 spiro atoms. The quantitative estimate of drug-likeness (QED) is 0.173. The Morgan fingerprint density at radius 2 is 0.833 bits per heavy atom. The highest BCUT2D eigenvalue weighted by Gasteiger charge is 2.30. The van der Waals surface area contributed by atoms with Gasteiger partial charge >= 0.3 is 0 Å². The molecule has 0 atom stereocenters. The van der Waals surface area contributed by atoms with Gasteiger partial charge in [-0.1, -0.05) is 141 Å². The molecule has 6 aromatic heterocycles. The molecule has 0 radical (unpaired) electrons. The van der Waals surface area contributed by atoms with Crippen molar-refractivity contribution in [2.75, 3.05) is 0 Å². The number of rotatable bonds is 3. The van der Waals surface area contributed by atoms with Crippen LogP contribution in [0.1, 0.15) is 79.0 Å². The molecule has 348 valence electrons. The first kappa shape index (κ1) is 41.7. The summed E-state index contributed by atoms with van der Waals surface area (Å²) in [6.07, 6.45) is 0. The lowest BCUT2D eigenvalue weighted by Gasteiger charge is -2.22. The molecule has 0 aliphatic carbocycles. The van der Waals surface area contributed by atoms with Crippen LogP contribution in [0.5, 0.6) is 0 Å². The summed E-state index contributed by atoms with van der Waals surface area (Å²) >= 11 is 0. The Balaban J connectivity index is 1.07. The van der Waals surface area contributed by atoms with Crippen LogP contribution in [0.25, 0.3) is 137 Å². The zero-order valence-corrected chi connectivity index (χ0v) is 42.4. The Morgan fingerprint density at radius 3 is 1.51 bits per heavy atom. The third-order valence-corrected chi connectivity index (χ3v) is 16.3. The number of furan rings is 1. The van der Waals surface area contributed by atoms with Crippen molar-refractivity contribution in [1.82, 2.24) is 13.4 Å². The molecule has 6 heterocycles. The van der Waals surface area contributed by atoms with Gasteiger partial charge in [-0.05, 0) is 141 Å². The summed E-state index contributed by atoms with van der Waals surface area (Å²) in [6.45, 7) is 21.1. The van der Waals surface area contributed by atoms with Crippen LogP contribution in [0.2, 0.25) is 0 Å². The van der Waals surface area contributed by atoms with E-state index in [1.165, 1.54) is 126 Å². The van der Waals surface area contributed by atoms with E-state index < -0.39 is 0 Å². The summed E-state index contributed by atoms with van der Waals surface area (Å²) in [4.78, 5) is 0. The molecule has 4 nitrogen and oxygen atoms in total. The topological polar surface area (TPSA) is 26.9 Å². The van der Waals surface area contributed by atoms with Crippen LogP contribution in [0.15, 0.2) is 174 Å². The predicted octanol–water partition coefficient (Wildman–Crippen LogP) is 19.1. The molecule has 15 rings (SSSR count). The van der Waals surface area contributed by atoms with Crippen molar-refractivity contribution in [2.24, 2.45) is 0 Å². The number of benzene rings is 9. The number of nitrogens with zero attached hydrogens (tertiary/aromatic N) is 3. The van der Waals surface area contributed by atoms with Crippen molar-refractivity contribution in [2.45, 2.75) is 78.6 Å². The number of fused-ring (bicyclic) bond motifs is 17. The van der Waals surface area contributed by atoms with Crippen LogP contribution >= 0.6 is 0 Å². The van der Waals surface area contributed by atoms with E-state index in [0.29, 0.717) is 0 Å². The Morgan fingerprint density at radius 1 is 0.319 bits per heavy atom. The second kappa shape index (κ2) is 13.9. The largest absolute Gasteiger partial charge is 0.454 e. The molecule has 0 aliphatic heterocycles. The van der Waals surface area contributed by atoms with E-state index in [0.717, 1.165) is 27.8 Å². The molecule has 0 N–H and O–H groups in total. The molecule has 9 aromatic carbocycles. The van der Waals surface area contributed by atoms with Crippen LogP contribution in [0.4, 0.5) is 0 Å². The maximum absolute atomic E-state index is 6.80. The zero-order valence-electron chi connectivity index (χ0n) is 42.4. The number of para-hydroxylation sites is 2. The molecule has 4 heteroatoms. The summed E-state index contributed by atoms with van der Waals surface area (Å²) in [5, 5.41) is 12.6. The summed E-state index contributed by atoms with van der Waals surface area (Å²) < 4.78 is 14.4. The van der Waals surface area contributed by atoms with Crippen molar-refractivity contribution >= 4 is 109 Å². The van der Waals surface area contributed by atoms with Gasteiger partial charge in [0.2, 0.25) is 0 Å². The number of hydrogen-bond acceptors (Lipinski definition) is 1. The molecule has 0 fully saturated rings. The highest BCUT2D eigenvalue weighted by Crippen LogP contribution is 2.50. The Kier molecular flexibility index (Phi) is 8.02. The van der Waals surface area contributed by atoms with Gasteiger partial charge in [-0.3, -0.25) is 0 Å². The highest BCUT2D eigenvalue weighted by atomic mass is 16.3. The Labute approximate surface area is 418 Å². The first-order valence-corrected chi connectivity index (χ1v) is 25.7. The smallest absolute Gasteiger partial charge is 0.161 e. The van der Waals surface area contributed by atoms with Gasteiger partial charge in [0, 0.05) is 65.1 Å². The second-order valence-electron chi connectivity index (χ2n) is 23.8. The minimum absolute atomic E-state index is 0.0632. The van der Waals surface area contributed by atoms with Gasteiger partial charge in [-0.25, -0.2) is 0 Å².